The lowest BCUT2D eigenvalue weighted by molar-refractivity contribution is -0.119. The van der Waals surface area contributed by atoms with Crippen LogP contribution in [0.3, 0.4) is 0 Å². The zero-order valence-electron chi connectivity index (χ0n) is 12.8. The normalized spacial score (nSPS) is 10.4. The van der Waals surface area contributed by atoms with Crippen LogP contribution in [-0.4, -0.2) is 12.9 Å². The Bertz CT molecular complexity index is 585. The van der Waals surface area contributed by atoms with E-state index in [2.05, 4.69) is 19.1 Å². The molecule has 0 fully saturated rings. The number of carbonyl (C=O) groups is 1. The molecule has 0 heterocycles. The fourth-order valence-corrected chi connectivity index (χ4v) is 2.37. The molecule has 0 amide bonds. The van der Waals surface area contributed by atoms with Crippen LogP contribution in [0, 0.1) is 6.92 Å². The Balaban J connectivity index is 1.78. The maximum absolute atomic E-state index is 12.0. The van der Waals surface area contributed by atoms with Crippen LogP contribution in [-0.2, 0) is 17.6 Å². The number of ketones is 1. The van der Waals surface area contributed by atoms with Gasteiger partial charge in [-0.25, -0.2) is 0 Å². The molecule has 0 spiro atoms. The summed E-state index contributed by atoms with van der Waals surface area (Å²) in [6.07, 6.45) is 2.88. The van der Waals surface area contributed by atoms with E-state index in [1.807, 2.05) is 36.4 Å². The summed E-state index contributed by atoms with van der Waals surface area (Å²) in [5.41, 5.74) is 3.72. The van der Waals surface area contributed by atoms with Gasteiger partial charge in [-0.05, 0) is 48.6 Å². The maximum Gasteiger partial charge on any atom is 0.133 e. The second kappa shape index (κ2) is 7.63. The molecule has 21 heavy (non-hydrogen) atoms. The first kappa shape index (κ1) is 15.3. The van der Waals surface area contributed by atoms with Gasteiger partial charge in [0.25, 0.3) is 0 Å². The third kappa shape index (κ3) is 4.75. The number of hydrogen-bond acceptors (Lipinski definition) is 2. The molecule has 0 saturated heterocycles. The summed E-state index contributed by atoms with van der Waals surface area (Å²) < 4.78 is 5.13. The van der Waals surface area contributed by atoms with Crippen molar-refractivity contribution in [3.63, 3.8) is 0 Å². The molecule has 0 aliphatic heterocycles. The van der Waals surface area contributed by atoms with Crippen molar-refractivity contribution >= 4 is 5.78 Å². The molecule has 110 valence electrons. The lowest BCUT2D eigenvalue weighted by Gasteiger charge is -2.06. The molecule has 2 heteroatoms. The van der Waals surface area contributed by atoms with Gasteiger partial charge in [0.1, 0.15) is 11.5 Å². The first-order chi connectivity index (χ1) is 10.2. The van der Waals surface area contributed by atoms with Gasteiger partial charge in [-0.2, -0.15) is 0 Å². The maximum atomic E-state index is 12.0. The summed E-state index contributed by atoms with van der Waals surface area (Å²) in [6, 6.07) is 16.2. The van der Waals surface area contributed by atoms with E-state index in [9.17, 15) is 4.79 Å². The van der Waals surface area contributed by atoms with Crippen LogP contribution in [0.4, 0.5) is 0 Å². The fraction of sp³-hybridized carbons (Fsp3) is 0.316. The van der Waals surface area contributed by atoms with Crippen molar-refractivity contribution in [1.29, 1.82) is 0 Å². The number of Topliss-reactive ketones (excluding diaryl/α,β-unsaturated/α-hetero) is 1. The van der Waals surface area contributed by atoms with E-state index >= 15 is 0 Å². The van der Waals surface area contributed by atoms with E-state index in [1.54, 1.807) is 7.11 Å². The SMILES string of the molecule is COc1ccc(CCC(=O)CCc2ccccc2C)cc1. The monoisotopic (exact) mass is 282 g/mol. The molecular formula is C19H22O2. The molecule has 0 atom stereocenters. The Morgan fingerprint density at radius 3 is 2.29 bits per heavy atom. The van der Waals surface area contributed by atoms with Crippen molar-refractivity contribution in [3.8, 4) is 5.75 Å². The van der Waals surface area contributed by atoms with Gasteiger partial charge in [-0.1, -0.05) is 36.4 Å². The van der Waals surface area contributed by atoms with Crippen molar-refractivity contribution < 1.29 is 9.53 Å². The van der Waals surface area contributed by atoms with Crippen molar-refractivity contribution in [2.75, 3.05) is 7.11 Å². The molecule has 2 aromatic carbocycles. The van der Waals surface area contributed by atoms with Crippen molar-refractivity contribution in [1.82, 2.24) is 0 Å². The number of hydrogen-bond donors (Lipinski definition) is 0. The van der Waals surface area contributed by atoms with E-state index in [1.165, 1.54) is 16.7 Å². The van der Waals surface area contributed by atoms with Crippen LogP contribution in [0.15, 0.2) is 48.5 Å². The summed E-state index contributed by atoms with van der Waals surface area (Å²) in [5.74, 6) is 1.18. The van der Waals surface area contributed by atoms with Gasteiger partial charge in [0.05, 0.1) is 7.11 Å². The predicted octanol–water partition coefficient (Wildman–Crippen LogP) is 4.14. The quantitative estimate of drug-likeness (QED) is 0.763. The molecule has 0 aromatic heterocycles. The Morgan fingerprint density at radius 2 is 1.62 bits per heavy atom. The number of aryl methyl sites for hydroxylation is 3. The Kier molecular flexibility index (Phi) is 5.56. The first-order valence-corrected chi connectivity index (χ1v) is 7.38. The molecule has 2 nitrogen and oxygen atoms in total. The van der Waals surface area contributed by atoms with Gasteiger partial charge in [0.15, 0.2) is 0 Å². The lowest BCUT2D eigenvalue weighted by atomic mass is 10.00. The fourth-order valence-electron chi connectivity index (χ4n) is 2.37. The smallest absolute Gasteiger partial charge is 0.133 e. The summed E-state index contributed by atoms with van der Waals surface area (Å²) >= 11 is 0. The highest BCUT2D eigenvalue weighted by Gasteiger charge is 2.05. The Hall–Kier alpha value is -2.09. The molecule has 0 saturated carbocycles. The van der Waals surface area contributed by atoms with Crippen LogP contribution in [0.5, 0.6) is 5.75 Å². The Morgan fingerprint density at radius 1 is 0.952 bits per heavy atom. The standard InChI is InChI=1S/C19H22O2/c1-15-5-3-4-6-17(15)10-12-18(20)11-7-16-8-13-19(21-2)14-9-16/h3-6,8-9,13-14H,7,10-12H2,1-2H3. The minimum atomic E-state index is 0.328. The van der Waals surface area contributed by atoms with Gasteiger partial charge in [0.2, 0.25) is 0 Å². The number of methoxy groups -OCH3 is 1. The minimum Gasteiger partial charge on any atom is -0.497 e. The van der Waals surface area contributed by atoms with Gasteiger partial charge < -0.3 is 4.74 Å². The van der Waals surface area contributed by atoms with E-state index in [0.717, 1.165) is 18.6 Å². The second-order valence-corrected chi connectivity index (χ2v) is 5.31. The summed E-state index contributed by atoms with van der Waals surface area (Å²) in [4.78, 5) is 12.0. The molecule has 0 aliphatic rings. The largest absolute Gasteiger partial charge is 0.497 e. The molecule has 2 rings (SSSR count). The molecule has 2 aromatic rings. The first-order valence-electron chi connectivity index (χ1n) is 7.38. The minimum absolute atomic E-state index is 0.328. The van der Waals surface area contributed by atoms with E-state index < -0.39 is 0 Å². The third-order valence-electron chi connectivity index (χ3n) is 3.79. The number of rotatable bonds is 7. The van der Waals surface area contributed by atoms with E-state index in [-0.39, 0.29) is 0 Å². The summed E-state index contributed by atoms with van der Waals surface area (Å²) in [6.45, 7) is 2.09. The molecule has 0 radical (unpaired) electrons. The van der Waals surface area contributed by atoms with Crippen molar-refractivity contribution in [2.45, 2.75) is 32.6 Å². The van der Waals surface area contributed by atoms with Gasteiger partial charge >= 0.3 is 0 Å². The zero-order valence-corrected chi connectivity index (χ0v) is 12.8. The van der Waals surface area contributed by atoms with Crippen LogP contribution in [0.25, 0.3) is 0 Å². The van der Waals surface area contributed by atoms with Gasteiger partial charge in [-0.3, -0.25) is 4.79 Å². The zero-order chi connectivity index (χ0) is 15.1. The van der Waals surface area contributed by atoms with E-state index in [0.29, 0.717) is 18.6 Å². The van der Waals surface area contributed by atoms with Crippen molar-refractivity contribution in [2.24, 2.45) is 0 Å². The van der Waals surface area contributed by atoms with Gasteiger partial charge in [-0.15, -0.1) is 0 Å². The molecule has 0 unspecified atom stereocenters. The van der Waals surface area contributed by atoms with Crippen LogP contribution < -0.4 is 4.74 Å². The lowest BCUT2D eigenvalue weighted by Crippen LogP contribution is -2.03. The average Bonchev–Trinajstić information content (AvgIpc) is 2.52. The van der Waals surface area contributed by atoms with Crippen LogP contribution in [0.1, 0.15) is 29.5 Å². The summed E-state index contributed by atoms with van der Waals surface area (Å²) in [5, 5.41) is 0. The molecule has 0 N–H and O–H groups in total. The molecular weight excluding hydrogens is 260 g/mol. The number of carbonyl (C=O) groups excluding carboxylic acids is 1. The highest BCUT2D eigenvalue weighted by molar-refractivity contribution is 5.78. The Labute approximate surface area is 126 Å². The highest BCUT2D eigenvalue weighted by atomic mass is 16.5. The van der Waals surface area contributed by atoms with E-state index in [4.69, 9.17) is 4.74 Å². The average molecular weight is 282 g/mol. The van der Waals surface area contributed by atoms with Crippen molar-refractivity contribution in [3.05, 3.63) is 65.2 Å². The third-order valence-corrected chi connectivity index (χ3v) is 3.79. The summed E-state index contributed by atoms with van der Waals surface area (Å²) in [7, 11) is 1.66. The predicted molar refractivity (Wildman–Crippen MR) is 85.8 cm³/mol. The van der Waals surface area contributed by atoms with Gasteiger partial charge in [0, 0.05) is 12.8 Å². The van der Waals surface area contributed by atoms with Crippen LogP contribution in [0.2, 0.25) is 0 Å². The topological polar surface area (TPSA) is 26.3 Å². The second-order valence-electron chi connectivity index (χ2n) is 5.31. The number of ether oxygens (including phenoxy) is 1. The molecule has 0 aliphatic carbocycles. The van der Waals surface area contributed by atoms with Crippen LogP contribution >= 0.6 is 0 Å². The molecule has 0 bridgehead atoms. The highest BCUT2D eigenvalue weighted by Crippen LogP contribution is 2.14. The number of benzene rings is 2.